The Balaban J connectivity index is 1.85. The first-order chi connectivity index (χ1) is 8.27. The van der Waals surface area contributed by atoms with Crippen LogP contribution in [0.25, 0.3) is 0 Å². The maximum atomic E-state index is 5.86. The van der Waals surface area contributed by atoms with E-state index in [1.54, 1.807) is 0 Å². The lowest BCUT2D eigenvalue weighted by molar-refractivity contribution is 0.000360. The molecule has 0 aliphatic carbocycles. The Kier molecular flexibility index (Phi) is 4.60. The highest BCUT2D eigenvalue weighted by Gasteiger charge is 2.40. The SMILES string of the molecule is CC1OCCC1(CBr)COCc1ccccc1. The van der Waals surface area contributed by atoms with Crippen molar-refractivity contribution in [3.8, 4) is 0 Å². The first-order valence-corrected chi connectivity index (χ1v) is 7.18. The molecule has 0 radical (unpaired) electrons. The molecule has 2 nitrogen and oxygen atoms in total. The Morgan fingerprint density at radius 2 is 2.18 bits per heavy atom. The molecule has 94 valence electrons. The molecule has 3 heteroatoms. The molecule has 0 saturated carbocycles. The zero-order valence-electron chi connectivity index (χ0n) is 10.2. The molecule has 17 heavy (non-hydrogen) atoms. The fourth-order valence-corrected chi connectivity index (χ4v) is 3.07. The smallest absolute Gasteiger partial charge is 0.0717 e. The predicted molar refractivity (Wildman–Crippen MR) is 72.4 cm³/mol. The summed E-state index contributed by atoms with van der Waals surface area (Å²) >= 11 is 3.60. The van der Waals surface area contributed by atoms with Gasteiger partial charge in [-0.25, -0.2) is 0 Å². The van der Waals surface area contributed by atoms with E-state index in [9.17, 15) is 0 Å². The van der Waals surface area contributed by atoms with Crippen molar-refractivity contribution in [3.05, 3.63) is 35.9 Å². The molecule has 0 spiro atoms. The van der Waals surface area contributed by atoms with Gasteiger partial charge in [0, 0.05) is 17.4 Å². The molecule has 0 bridgehead atoms. The van der Waals surface area contributed by atoms with Crippen molar-refractivity contribution < 1.29 is 9.47 Å². The number of rotatable bonds is 5. The maximum Gasteiger partial charge on any atom is 0.0717 e. The van der Waals surface area contributed by atoms with E-state index in [2.05, 4.69) is 35.0 Å². The van der Waals surface area contributed by atoms with Gasteiger partial charge < -0.3 is 9.47 Å². The lowest BCUT2D eigenvalue weighted by Gasteiger charge is -2.29. The highest BCUT2D eigenvalue weighted by Crippen LogP contribution is 2.37. The van der Waals surface area contributed by atoms with Crippen LogP contribution >= 0.6 is 15.9 Å². The molecular weight excluding hydrogens is 280 g/mol. The van der Waals surface area contributed by atoms with E-state index < -0.39 is 0 Å². The van der Waals surface area contributed by atoms with E-state index >= 15 is 0 Å². The van der Waals surface area contributed by atoms with Gasteiger partial charge >= 0.3 is 0 Å². The van der Waals surface area contributed by atoms with Crippen molar-refractivity contribution in [2.75, 3.05) is 18.5 Å². The summed E-state index contributed by atoms with van der Waals surface area (Å²) in [5, 5.41) is 0.940. The monoisotopic (exact) mass is 298 g/mol. The van der Waals surface area contributed by atoms with E-state index in [0.717, 1.165) is 25.0 Å². The summed E-state index contributed by atoms with van der Waals surface area (Å²) in [6.45, 7) is 4.43. The van der Waals surface area contributed by atoms with Crippen molar-refractivity contribution in [1.82, 2.24) is 0 Å². The predicted octanol–water partition coefficient (Wildman–Crippen LogP) is 3.39. The highest BCUT2D eigenvalue weighted by molar-refractivity contribution is 9.09. The molecule has 1 aromatic rings. The first kappa shape index (κ1) is 13.1. The summed E-state index contributed by atoms with van der Waals surface area (Å²) < 4.78 is 11.5. The summed E-state index contributed by atoms with van der Waals surface area (Å²) in [5.41, 5.74) is 1.37. The Hall–Kier alpha value is -0.380. The van der Waals surface area contributed by atoms with Crippen molar-refractivity contribution in [2.45, 2.75) is 26.1 Å². The van der Waals surface area contributed by atoms with Gasteiger partial charge in [-0.1, -0.05) is 46.3 Å². The van der Waals surface area contributed by atoms with E-state index in [-0.39, 0.29) is 11.5 Å². The third kappa shape index (κ3) is 3.09. The second-order valence-corrected chi connectivity index (χ2v) is 5.30. The van der Waals surface area contributed by atoms with Crippen molar-refractivity contribution in [3.63, 3.8) is 0 Å². The molecule has 0 aromatic heterocycles. The van der Waals surface area contributed by atoms with Gasteiger partial charge in [0.05, 0.1) is 19.3 Å². The largest absolute Gasteiger partial charge is 0.378 e. The quantitative estimate of drug-likeness (QED) is 0.776. The van der Waals surface area contributed by atoms with E-state index in [4.69, 9.17) is 9.47 Å². The molecule has 2 atom stereocenters. The van der Waals surface area contributed by atoms with Gasteiger partial charge in [-0.05, 0) is 18.9 Å². The fourth-order valence-electron chi connectivity index (χ4n) is 2.17. The summed E-state index contributed by atoms with van der Waals surface area (Å²) in [5.74, 6) is 0. The fraction of sp³-hybridized carbons (Fsp3) is 0.571. The lowest BCUT2D eigenvalue weighted by Crippen LogP contribution is -2.35. The molecule has 1 aliphatic rings. The molecule has 1 saturated heterocycles. The van der Waals surface area contributed by atoms with Gasteiger partial charge in [-0.15, -0.1) is 0 Å². The topological polar surface area (TPSA) is 18.5 Å². The van der Waals surface area contributed by atoms with Gasteiger partial charge in [0.1, 0.15) is 0 Å². The number of benzene rings is 1. The van der Waals surface area contributed by atoms with E-state index in [1.165, 1.54) is 5.56 Å². The number of hydrogen-bond acceptors (Lipinski definition) is 2. The second kappa shape index (κ2) is 5.98. The van der Waals surface area contributed by atoms with Crippen LogP contribution in [-0.2, 0) is 16.1 Å². The summed E-state index contributed by atoms with van der Waals surface area (Å²) in [6, 6.07) is 10.3. The average Bonchev–Trinajstić information content (AvgIpc) is 2.73. The molecular formula is C14H19BrO2. The van der Waals surface area contributed by atoms with Crippen molar-refractivity contribution >= 4 is 15.9 Å². The van der Waals surface area contributed by atoms with Crippen LogP contribution in [0.4, 0.5) is 0 Å². The minimum Gasteiger partial charge on any atom is -0.378 e. The Labute approximate surface area is 111 Å². The van der Waals surface area contributed by atoms with E-state index in [0.29, 0.717) is 6.61 Å². The van der Waals surface area contributed by atoms with Crippen LogP contribution in [0, 0.1) is 5.41 Å². The van der Waals surface area contributed by atoms with Crippen LogP contribution in [0.2, 0.25) is 0 Å². The zero-order valence-corrected chi connectivity index (χ0v) is 11.8. The van der Waals surface area contributed by atoms with Gasteiger partial charge in [0.15, 0.2) is 0 Å². The maximum absolute atomic E-state index is 5.86. The Morgan fingerprint density at radius 3 is 2.76 bits per heavy atom. The van der Waals surface area contributed by atoms with Crippen LogP contribution in [0.1, 0.15) is 18.9 Å². The number of ether oxygens (including phenoxy) is 2. The minimum atomic E-state index is 0.148. The minimum absolute atomic E-state index is 0.148. The van der Waals surface area contributed by atoms with Crippen LogP contribution in [0.15, 0.2) is 30.3 Å². The van der Waals surface area contributed by atoms with Gasteiger partial charge in [-0.3, -0.25) is 0 Å². The normalized spacial score (nSPS) is 28.5. The number of hydrogen-bond donors (Lipinski definition) is 0. The van der Waals surface area contributed by atoms with Crippen LogP contribution in [0.3, 0.4) is 0 Å². The molecule has 1 fully saturated rings. The molecule has 1 aliphatic heterocycles. The van der Waals surface area contributed by atoms with Crippen LogP contribution in [-0.4, -0.2) is 24.6 Å². The summed E-state index contributed by atoms with van der Waals surface area (Å²) in [6.07, 6.45) is 1.35. The lowest BCUT2D eigenvalue weighted by atomic mass is 9.85. The molecule has 1 aromatic carbocycles. The van der Waals surface area contributed by atoms with Gasteiger partial charge in [0.2, 0.25) is 0 Å². The third-order valence-electron chi connectivity index (χ3n) is 3.60. The molecule has 0 N–H and O–H groups in total. The molecule has 1 heterocycles. The molecule has 0 amide bonds. The third-order valence-corrected chi connectivity index (χ3v) is 4.71. The van der Waals surface area contributed by atoms with Crippen molar-refractivity contribution in [1.29, 1.82) is 0 Å². The number of halogens is 1. The molecule has 2 rings (SSSR count). The van der Waals surface area contributed by atoms with E-state index in [1.807, 2.05) is 18.2 Å². The number of alkyl halides is 1. The highest BCUT2D eigenvalue weighted by atomic mass is 79.9. The summed E-state index contributed by atoms with van der Waals surface area (Å²) in [7, 11) is 0. The first-order valence-electron chi connectivity index (χ1n) is 6.06. The van der Waals surface area contributed by atoms with Gasteiger partial charge in [-0.2, -0.15) is 0 Å². The Morgan fingerprint density at radius 1 is 1.41 bits per heavy atom. The average molecular weight is 299 g/mol. The zero-order chi connectivity index (χ0) is 12.1. The second-order valence-electron chi connectivity index (χ2n) is 4.74. The summed E-state index contributed by atoms with van der Waals surface area (Å²) in [4.78, 5) is 0. The van der Waals surface area contributed by atoms with Crippen molar-refractivity contribution in [2.24, 2.45) is 5.41 Å². The standard InChI is InChI=1S/C14H19BrO2/c1-12-14(10-15,7-8-17-12)11-16-9-13-5-3-2-4-6-13/h2-6,12H,7-11H2,1H3. The van der Waals surface area contributed by atoms with Crippen LogP contribution < -0.4 is 0 Å². The molecule has 2 unspecified atom stereocenters. The Bertz CT molecular complexity index is 341. The van der Waals surface area contributed by atoms with Gasteiger partial charge in [0.25, 0.3) is 0 Å². The van der Waals surface area contributed by atoms with Crippen LogP contribution in [0.5, 0.6) is 0 Å².